The van der Waals surface area contributed by atoms with Gasteiger partial charge in [-0.25, -0.2) is 0 Å². The van der Waals surface area contributed by atoms with Crippen LogP contribution in [0.5, 0.6) is 0 Å². The Labute approximate surface area is 72.7 Å². The Morgan fingerprint density at radius 1 is 1.33 bits per heavy atom. The lowest BCUT2D eigenvalue weighted by Gasteiger charge is -2.11. The molecule has 0 unspecified atom stereocenters. The number of aliphatic hydroxyl groups excluding tert-OH is 1. The molecule has 1 aliphatic carbocycles. The number of halogens is 1. The molecule has 0 bridgehead atoms. The van der Waals surface area contributed by atoms with E-state index in [0.29, 0.717) is 19.6 Å². The molecule has 0 aromatic heterocycles. The Bertz CT molecular complexity index is 124. The second kappa shape index (κ2) is 4.77. The van der Waals surface area contributed by atoms with Crippen LogP contribution in [0.15, 0.2) is 0 Å². The van der Waals surface area contributed by atoms with Gasteiger partial charge in [0.05, 0.1) is 19.9 Å². The van der Waals surface area contributed by atoms with E-state index in [9.17, 15) is 4.39 Å². The fraction of sp³-hybridized carbons (Fsp3) is 1.00. The molecule has 12 heavy (non-hydrogen) atoms. The van der Waals surface area contributed by atoms with E-state index >= 15 is 0 Å². The lowest BCUT2D eigenvalue weighted by Crippen LogP contribution is -2.15. The molecule has 0 heterocycles. The summed E-state index contributed by atoms with van der Waals surface area (Å²) in [6.45, 7) is 1.26. The third-order valence-electron chi connectivity index (χ3n) is 2.37. The SMILES string of the molecule is OCC1(COCCCCF)CC1. The Balaban J connectivity index is 1.89. The van der Waals surface area contributed by atoms with E-state index in [1.165, 1.54) is 0 Å². The average Bonchev–Trinajstić information content (AvgIpc) is 2.85. The van der Waals surface area contributed by atoms with Gasteiger partial charge in [0, 0.05) is 12.0 Å². The van der Waals surface area contributed by atoms with Crippen molar-refractivity contribution in [3.05, 3.63) is 0 Å². The summed E-state index contributed by atoms with van der Waals surface area (Å²) in [6.07, 6.45) is 3.53. The van der Waals surface area contributed by atoms with Crippen LogP contribution < -0.4 is 0 Å². The summed E-state index contributed by atoms with van der Waals surface area (Å²) >= 11 is 0. The summed E-state index contributed by atoms with van der Waals surface area (Å²) in [7, 11) is 0. The van der Waals surface area contributed by atoms with Crippen molar-refractivity contribution in [3.63, 3.8) is 0 Å². The Morgan fingerprint density at radius 2 is 2.08 bits per heavy atom. The molecule has 0 radical (unpaired) electrons. The second-order valence-electron chi connectivity index (χ2n) is 3.61. The molecule has 0 atom stereocenters. The summed E-state index contributed by atoms with van der Waals surface area (Å²) in [5, 5.41) is 8.92. The van der Waals surface area contributed by atoms with Crippen molar-refractivity contribution in [2.24, 2.45) is 5.41 Å². The molecule has 1 fully saturated rings. The van der Waals surface area contributed by atoms with Crippen LogP contribution in [-0.4, -0.2) is 31.6 Å². The number of ether oxygens (including phenoxy) is 1. The molecule has 0 amide bonds. The molecule has 1 aliphatic rings. The maximum atomic E-state index is 11.6. The van der Waals surface area contributed by atoms with Crippen LogP contribution in [-0.2, 0) is 4.74 Å². The molecule has 0 aromatic carbocycles. The highest BCUT2D eigenvalue weighted by atomic mass is 19.1. The van der Waals surface area contributed by atoms with Crippen LogP contribution in [0, 0.1) is 5.41 Å². The maximum Gasteiger partial charge on any atom is 0.0895 e. The largest absolute Gasteiger partial charge is 0.396 e. The highest BCUT2D eigenvalue weighted by Gasteiger charge is 2.42. The average molecular weight is 176 g/mol. The van der Waals surface area contributed by atoms with Crippen molar-refractivity contribution in [1.82, 2.24) is 0 Å². The molecule has 2 nitrogen and oxygen atoms in total. The molecule has 0 aromatic rings. The van der Waals surface area contributed by atoms with E-state index in [2.05, 4.69) is 0 Å². The van der Waals surface area contributed by atoms with Gasteiger partial charge in [0.1, 0.15) is 0 Å². The number of rotatable bonds is 7. The van der Waals surface area contributed by atoms with E-state index in [0.717, 1.165) is 19.3 Å². The Kier molecular flexibility index (Phi) is 3.95. The number of alkyl halides is 1. The number of hydrogen-bond donors (Lipinski definition) is 1. The van der Waals surface area contributed by atoms with Crippen LogP contribution in [0.3, 0.4) is 0 Å². The zero-order chi connectivity index (χ0) is 8.86. The normalized spacial score (nSPS) is 19.5. The second-order valence-corrected chi connectivity index (χ2v) is 3.61. The molecule has 0 saturated heterocycles. The third kappa shape index (κ3) is 3.07. The predicted molar refractivity (Wildman–Crippen MR) is 44.8 cm³/mol. The predicted octanol–water partition coefficient (Wildman–Crippen LogP) is 1.53. The monoisotopic (exact) mass is 176 g/mol. The molecule has 0 aliphatic heterocycles. The Hall–Kier alpha value is -0.150. The summed E-state index contributed by atoms with van der Waals surface area (Å²) in [6, 6.07) is 0. The van der Waals surface area contributed by atoms with Crippen molar-refractivity contribution in [2.75, 3.05) is 26.5 Å². The van der Waals surface area contributed by atoms with Gasteiger partial charge >= 0.3 is 0 Å². The molecule has 1 saturated carbocycles. The third-order valence-corrected chi connectivity index (χ3v) is 2.37. The van der Waals surface area contributed by atoms with Gasteiger partial charge in [-0.15, -0.1) is 0 Å². The smallest absolute Gasteiger partial charge is 0.0895 e. The minimum atomic E-state index is -0.255. The summed E-state index contributed by atoms with van der Waals surface area (Å²) in [5.74, 6) is 0. The minimum Gasteiger partial charge on any atom is -0.396 e. The van der Waals surface area contributed by atoms with Crippen LogP contribution in [0.4, 0.5) is 4.39 Å². The molecule has 0 spiro atoms. The van der Waals surface area contributed by atoms with Gasteiger partial charge in [-0.1, -0.05) is 0 Å². The summed E-state index contributed by atoms with van der Waals surface area (Å²) in [4.78, 5) is 0. The highest BCUT2D eigenvalue weighted by molar-refractivity contribution is 4.92. The first-order chi connectivity index (χ1) is 5.83. The number of aliphatic hydroxyl groups is 1. The van der Waals surface area contributed by atoms with Gasteiger partial charge in [0.25, 0.3) is 0 Å². The quantitative estimate of drug-likeness (QED) is 0.596. The van der Waals surface area contributed by atoms with Crippen molar-refractivity contribution in [2.45, 2.75) is 25.7 Å². The van der Waals surface area contributed by atoms with Gasteiger partial charge in [-0.3, -0.25) is 4.39 Å². The van der Waals surface area contributed by atoms with Crippen LogP contribution >= 0.6 is 0 Å². The molecular formula is C9H17FO2. The van der Waals surface area contributed by atoms with Crippen molar-refractivity contribution in [3.8, 4) is 0 Å². The van der Waals surface area contributed by atoms with Gasteiger partial charge in [-0.05, 0) is 25.7 Å². The zero-order valence-corrected chi connectivity index (χ0v) is 7.39. The molecule has 72 valence electrons. The molecular weight excluding hydrogens is 159 g/mol. The minimum absolute atomic E-state index is 0.0791. The van der Waals surface area contributed by atoms with E-state index in [4.69, 9.17) is 9.84 Å². The van der Waals surface area contributed by atoms with Gasteiger partial charge in [0.2, 0.25) is 0 Å². The first-order valence-electron chi connectivity index (χ1n) is 4.58. The maximum absolute atomic E-state index is 11.6. The van der Waals surface area contributed by atoms with Crippen molar-refractivity contribution in [1.29, 1.82) is 0 Å². The van der Waals surface area contributed by atoms with Gasteiger partial charge in [-0.2, -0.15) is 0 Å². The lowest BCUT2D eigenvalue weighted by molar-refractivity contribution is 0.0587. The highest BCUT2D eigenvalue weighted by Crippen LogP contribution is 2.45. The van der Waals surface area contributed by atoms with Crippen LogP contribution in [0.1, 0.15) is 25.7 Å². The zero-order valence-electron chi connectivity index (χ0n) is 7.39. The fourth-order valence-corrected chi connectivity index (χ4v) is 1.11. The molecule has 1 rings (SSSR count). The fourth-order valence-electron chi connectivity index (χ4n) is 1.11. The van der Waals surface area contributed by atoms with Gasteiger partial charge in [0.15, 0.2) is 0 Å². The van der Waals surface area contributed by atoms with E-state index < -0.39 is 0 Å². The van der Waals surface area contributed by atoms with E-state index in [1.54, 1.807) is 0 Å². The van der Waals surface area contributed by atoms with Crippen LogP contribution in [0.25, 0.3) is 0 Å². The topological polar surface area (TPSA) is 29.5 Å². The number of unbranched alkanes of at least 4 members (excludes halogenated alkanes) is 1. The summed E-state index contributed by atoms with van der Waals surface area (Å²) in [5.41, 5.74) is 0.0791. The van der Waals surface area contributed by atoms with Crippen molar-refractivity contribution < 1.29 is 14.2 Å². The van der Waals surface area contributed by atoms with Gasteiger partial charge < -0.3 is 9.84 Å². The van der Waals surface area contributed by atoms with E-state index in [-0.39, 0.29) is 18.7 Å². The first-order valence-corrected chi connectivity index (χ1v) is 4.58. The van der Waals surface area contributed by atoms with E-state index in [1.807, 2.05) is 0 Å². The van der Waals surface area contributed by atoms with Crippen LogP contribution in [0.2, 0.25) is 0 Å². The standard InChI is InChI=1S/C9H17FO2/c10-5-1-2-6-12-8-9(7-11)3-4-9/h11H,1-8H2. The van der Waals surface area contributed by atoms with Crippen molar-refractivity contribution >= 4 is 0 Å². The first kappa shape index (κ1) is 9.93. The summed E-state index contributed by atoms with van der Waals surface area (Å²) < 4.78 is 17.0. The number of hydrogen-bond acceptors (Lipinski definition) is 2. The lowest BCUT2D eigenvalue weighted by atomic mass is 10.1. The Morgan fingerprint density at radius 3 is 2.58 bits per heavy atom. The molecule has 3 heteroatoms. The molecule has 1 N–H and O–H groups in total.